The number of hydrogen-bond acceptors (Lipinski definition) is 5. The maximum atomic E-state index is 12.4. The summed E-state index contributed by atoms with van der Waals surface area (Å²) >= 11 is 1.33. The van der Waals surface area contributed by atoms with Gasteiger partial charge in [-0.25, -0.2) is 14.6 Å². The summed E-state index contributed by atoms with van der Waals surface area (Å²) in [5.74, 6) is 0.148. The Kier molecular flexibility index (Phi) is 5.37. The van der Waals surface area contributed by atoms with E-state index in [0.717, 1.165) is 34.2 Å². The third-order valence-electron chi connectivity index (χ3n) is 3.85. The van der Waals surface area contributed by atoms with Gasteiger partial charge in [0, 0.05) is 11.4 Å². The molecule has 0 saturated carbocycles. The number of amides is 1. The highest BCUT2D eigenvalue weighted by molar-refractivity contribution is 7.99. The van der Waals surface area contributed by atoms with Crippen molar-refractivity contribution < 1.29 is 4.79 Å². The standard InChI is InChI=1S/C19H21N5OS/c1-12-10-13(2)21-19(20-12)26-11-17(25)22-18-14(3)23-24(15(18)4)16-8-6-5-7-9-16/h5-10H,11H2,1-4H3,(H,22,25). The smallest absolute Gasteiger partial charge is 0.234 e. The molecule has 0 aliphatic carbocycles. The number of nitrogens with one attached hydrogen (secondary N) is 1. The monoisotopic (exact) mass is 367 g/mol. The summed E-state index contributed by atoms with van der Waals surface area (Å²) < 4.78 is 1.84. The lowest BCUT2D eigenvalue weighted by atomic mass is 10.3. The number of hydrogen-bond donors (Lipinski definition) is 1. The summed E-state index contributed by atoms with van der Waals surface area (Å²) in [6, 6.07) is 11.8. The van der Waals surface area contributed by atoms with E-state index < -0.39 is 0 Å². The zero-order chi connectivity index (χ0) is 18.7. The molecule has 134 valence electrons. The Hall–Kier alpha value is -2.67. The molecule has 0 atom stereocenters. The summed E-state index contributed by atoms with van der Waals surface area (Å²) in [5, 5.41) is 8.13. The molecule has 1 N–H and O–H groups in total. The summed E-state index contributed by atoms with van der Waals surface area (Å²) in [6.45, 7) is 7.68. The normalized spacial score (nSPS) is 10.8. The van der Waals surface area contributed by atoms with Crippen molar-refractivity contribution in [2.75, 3.05) is 11.1 Å². The highest BCUT2D eigenvalue weighted by Gasteiger charge is 2.15. The Morgan fingerprint density at radius 1 is 1.08 bits per heavy atom. The van der Waals surface area contributed by atoms with Crippen LogP contribution in [0, 0.1) is 27.7 Å². The molecular formula is C19H21N5OS. The number of anilines is 1. The minimum Gasteiger partial charge on any atom is -0.322 e. The van der Waals surface area contributed by atoms with Gasteiger partial charge in [0.1, 0.15) is 0 Å². The average Bonchev–Trinajstić information content (AvgIpc) is 2.88. The Labute approximate surface area is 157 Å². The summed E-state index contributed by atoms with van der Waals surface area (Å²) in [4.78, 5) is 21.1. The average molecular weight is 367 g/mol. The number of carbonyl (C=O) groups is 1. The van der Waals surface area contributed by atoms with Gasteiger partial charge < -0.3 is 5.32 Å². The third kappa shape index (κ3) is 4.11. The van der Waals surface area contributed by atoms with Crippen molar-refractivity contribution in [1.29, 1.82) is 0 Å². The molecule has 2 heterocycles. The van der Waals surface area contributed by atoms with Gasteiger partial charge in [0.2, 0.25) is 5.91 Å². The molecule has 2 aromatic heterocycles. The molecule has 26 heavy (non-hydrogen) atoms. The van der Waals surface area contributed by atoms with Crippen LogP contribution in [0.2, 0.25) is 0 Å². The van der Waals surface area contributed by atoms with E-state index in [2.05, 4.69) is 20.4 Å². The number of rotatable bonds is 5. The minimum absolute atomic E-state index is 0.100. The van der Waals surface area contributed by atoms with Gasteiger partial charge in [-0.2, -0.15) is 5.10 Å². The van der Waals surface area contributed by atoms with Crippen LogP contribution in [0.15, 0.2) is 41.6 Å². The largest absolute Gasteiger partial charge is 0.322 e. The molecule has 0 fully saturated rings. The number of nitrogens with zero attached hydrogens (tertiary/aromatic N) is 4. The molecule has 0 aliphatic heterocycles. The summed E-state index contributed by atoms with van der Waals surface area (Å²) in [6.07, 6.45) is 0. The first-order valence-corrected chi connectivity index (χ1v) is 9.29. The van der Waals surface area contributed by atoms with Crippen LogP contribution in [-0.4, -0.2) is 31.4 Å². The zero-order valence-electron chi connectivity index (χ0n) is 15.3. The number of thioether (sulfide) groups is 1. The Morgan fingerprint density at radius 2 is 1.73 bits per heavy atom. The van der Waals surface area contributed by atoms with E-state index in [1.54, 1.807) is 0 Å². The van der Waals surface area contributed by atoms with Crippen LogP contribution in [0.3, 0.4) is 0 Å². The fraction of sp³-hybridized carbons (Fsp3) is 0.263. The number of carbonyl (C=O) groups excluding carboxylic acids is 1. The van der Waals surface area contributed by atoms with Gasteiger partial charge in [-0.3, -0.25) is 4.79 Å². The molecule has 1 aromatic carbocycles. The van der Waals surface area contributed by atoms with Gasteiger partial charge in [-0.15, -0.1) is 0 Å². The van der Waals surface area contributed by atoms with E-state index in [-0.39, 0.29) is 11.7 Å². The van der Waals surface area contributed by atoms with Gasteiger partial charge in [0.05, 0.1) is 28.5 Å². The van der Waals surface area contributed by atoms with Crippen LogP contribution in [0.25, 0.3) is 5.69 Å². The second kappa shape index (κ2) is 7.70. The first-order chi connectivity index (χ1) is 12.4. The van der Waals surface area contributed by atoms with E-state index in [1.165, 1.54) is 11.8 Å². The molecular weight excluding hydrogens is 346 g/mol. The molecule has 0 spiro atoms. The molecule has 3 aromatic rings. The second-order valence-electron chi connectivity index (χ2n) is 6.06. The molecule has 0 unspecified atom stereocenters. The number of benzene rings is 1. The first-order valence-electron chi connectivity index (χ1n) is 8.30. The predicted octanol–water partition coefficient (Wildman–Crippen LogP) is 3.63. The van der Waals surface area contributed by atoms with Crippen LogP contribution < -0.4 is 5.32 Å². The second-order valence-corrected chi connectivity index (χ2v) is 7.01. The highest BCUT2D eigenvalue weighted by atomic mass is 32.2. The maximum absolute atomic E-state index is 12.4. The third-order valence-corrected chi connectivity index (χ3v) is 4.70. The van der Waals surface area contributed by atoms with Crippen molar-refractivity contribution >= 4 is 23.4 Å². The lowest BCUT2D eigenvalue weighted by Gasteiger charge is -2.07. The van der Waals surface area contributed by atoms with E-state index in [0.29, 0.717) is 5.16 Å². The molecule has 0 saturated heterocycles. The molecule has 0 aliphatic rings. The van der Waals surface area contributed by atoms with E-state index >= 15 is 0 Å². The zero-order valence-corrected chi connectivity index (χ0v) is 16.1. The van der Waals surface area contributed by atoms with Gasteiger partial charge >= 0.3 is 0 Å². The fourth-order valence-electron chi connectivity index (χ4n) is 2.71. The quantitative estimate of drug-likeness (QED) is 0.551. The summed E-state index contributed by atoms with van der Waals surface area (Å²) in [5.41, 5.74) is 5.20. The van der Waals surface area contributed by atoms with Crippen LogP contribution in [-0.2, 0) is 4.79 Å². The van der Waals surface area contributed by atoms with Crippen LogP contribution in [0.4, 0.5) is 5.69 Å². The van der Waals surface area contributed by atoms with Crippen LogP contribution in [0.1, 0.15) is 22.8 Å². The van der Waals surface area contributed by atoms with Crippen LogP contribution >= 0.6 is 11.8 Å². The fourth-order valence-corrected chi connectivity index (χ4v) is 3.46. The molecule has 6 nitrogen and oxygen atoms in total. The van der Waals surface area contributed by atoms with Crippen molar-refractivity contribution in [2.45, 2.75) is 32.9 Å². The van der Waals surface area contributed by atoms with Crippen molar-refractivity contribution in [1.82, 2.24) is 19.7 Å². The van der Waals surface area contributed by atoms with E-state index in [9.17, 15) is 4.79 Å². The Balaban J connectivity index is 1.71. The van der Waals surface area contributed by atoms with Gasteiger partial charge in [0.25, 0.3) is 0 Å². The first kappa shape index (κ1) is 18.1. The van der Waals surface area contributed by atoms with Crippen LogP contribution in [0.5, 0.6) is 0 Å². The number of aromatic nitrogens is 4. The van der Waals surface area contributed by atoms with E-state index in [4.69, 9.17) is 0 Å². The number of para-hydroxylation sites is 1. The van der Waals surface area contributed by atoms with Gasteiger partial charge in [-0.05, 0) is 45.9 Å². The lowest BCUT2D eigenvalue weighted by Crippen LogP contribution is -2.15. The topological polar surface area (TPSA) is 72.7 Å². The van der Waals surface area contributed by atoms with Crippen molar-refractivity contribution in [3.63, 3.8) is 0 Å². The highest BCUT2D eigenvalue weighted by Crippen LogP contribution is 2.23. The van der Waals surface area contributed by atoms with Gasteiger partial charge in [-0.1, -0.05) is 30.0 Å². The summed E-state index contributed by atoms with van der Waals surface area (Å²) in [7, 11) is 0. The van der Waals surface area contributed by atoms with Crippen molar-refractivity contribution in [2.24, 2.45) is 0 Å². The molecule has 7 heteroatoms. The maximum Gasteiger partial charge on any atom is 0.234 e. The Bertz CT molecular complexity index is 916. The van der Waals surface area contributed by atoms with Gasteiger partial charge in [0.15, 0.2) is 5.16 Å². The minimum atomic E-state index is -0.100. The van der Waals surface area contributed by atoms with E-state index in [1.807, 2.05) is 68.8 Å². The predicted molar refractivity (Wildman–Crippen MR) is 104 cm³/mol. The van der Waals surface area contributed by atoms with Crippen molar-refractivity contribution in [3.8, 4) is 5.69 Å². The molecule has 0 bridgehead atoms. The lowest BCUT2D eigenvalue weighted by molar-refractivity contribution is -0.113. The number of aryl methyl sites for hydroxylation is 3. The SMILES string of the molecule is Cc1cc(C)nc(SCC(=O)Nc2c(C)nn(-c3ccccc3)c2C)n1. The Morgan fingerprint density at radius 3 is 2.38 bits per heavy atom. The van der Waals surface area contributed by atoms with Crippen molar-refractivity contribution in [3.05, 3.63) is 59.2 Å². The molecule has 0 radical (unpaired) electrons. The molecule has 3 rings (SSSR count). The molecule has 1 amide bonds.